The minimum Gasteiger partial charge on any atom is -0.497 e. The zero-order valence-electron chi connectivity index (χ0n) is 13.9. The predicted molar refractivity (Wildman–Crippen MR) is 96.0 cm³/mol. The highest BCUT2D eigenvalue weighted by atomic mass is 32.2. The van der Waals surface area contributed by atoms with Crippen LogP contribution in [0, 0.1) is 0 Å². The molecule has 0 radical (unpaired) electrons. The molecule has 2 aromatic carbocycles. The van der Waals surface area contributed by atoms with Gasteiger partial charge in [0.2, 0.25) is 0 Å². The topological polar surface area (TPSA) is 115 Å². The van der Waals surface area contributed by atoms with Gasteiger partial charge in [-0.1, -0.05) is 6.07 Å². The first-order valence-electron chi connectivity index (χ1n) is 8.01. The minimum atomic E-state index is -3.88. The summed E-state index contributed by atoms with van der Waals surface area (Å²) in [4.78, 5) is 16.6. The van der Waals surface area contributed by atoms with Crippen molar-refractivity contribution >= 4 is 26.7 Å². The van der Waals surface area contributed by atoms with E-state index in [1.54, 1.807) is 24.3 Å². The monoisotopic (exact) mass is 375 g/mol. The van der Waals surface area contributed by atoms with Gasteiger partial charge in [-0.05, 0) is 30.7 Å². The van der Waals surface area contributed by atoms with Crippen LogP contribution in [-0.4, -0.2) is 37.1 Å². The number of imidazole rings is 1. The van der Waals surface area contributed by atoms with Crippen molar-refractivity contribution in [3.05, 3.63) is 52.4 Å². The van der Waals surface area contributed by atoms with E-state index in [2.05, 4.69) is 9.97 Å². The fourth-order valence-corrected chi connectivity index (χ4v) is 4.74. The number of methoxy groups -OCH3 is 1. The molecule has 1 aliphatic rings. The maximum Gasteiger partial charge on any atom is 0.323 e. The van der Waals surface area contributed by atoms with Gasteiger partial charge in [0.1, 0.15) is 5.75 Å². The first kappa shape index (κ1) is 16.7. The van der Waals surface area contributed by atoms with Crippen LogP contribution in [0.25, 0.3) is 11.0 Å². The summed E-state index contributed by atoms with van der Waals surface area (Å²) in [5, 5.41) is 10.2. The normalized spacial score (nSPS) is 17.3. The number of H-pyrrole nitrogens is 2. The first-order chi connectivity index (χ1) is 12.4. The maximum atomic E-state index is 13.2. The second kappa shape index (κ2) is 5.89. The SMILES string of the molecule is COc1ccc2c(c1)N(S(=O)(=O)c1ccc3[nH]c(=O)[nH]c3c1)CCC2O. The van der Waals surface area contributed by atoms with Gasteiger partial charge in [0.15, 0.2) is 0 Å². The third-order valence-corrected chi connectivity index (χ3v) is 6.36. The lowest BCUT2D eigenvalue weighted by atomic mass is 10.0. The van der Waals surface area contributed by atoms with Crippen molar-refractivity contribution in [3.63, 3.8) is 0 Å². The van der Waals surface area contributed by atoms with E-state index < -0.39 is 21.8 Å². The number of aliphatic hydroxyl groups excluding tert-OH is 1. The summed E-state index contributed by atoms with van der Waals surface area (Å²) in [5.41, 5.74) is 1.48. The number of fused-ring (bicyclic) bond motifs is 2. The van der Waals surface area contributed by atoms with Crippen LogP contribution in [0.3, 0.4) is 0 Å². The number of nitrogens with one attached hydrogen (secondary N) is 2. The zero-order valence-corrected chi connectivity index (χ0v) is 14.7. The van der Waals surface area contributed by atoms with Gasteiger partial charge >= 0.3 is 5.69 Å². The number of benzene rings is 2. The predicted octanol–water partition coefficient (Wildman–Crippen LogP) is 1.50. The van der Waals surface area contributed by atoms with Gasteiger partial charge in [-0.2, -0.15) is 0 Å². The number of sulfonamides is 1. The number of rotatable bonds is 3. The van der Waals surface area contributed by atoms with Crippen LogP contribution in [0.4, 0.5) is 5.69 Å². The average molecular weight is 375 g/mol. The third-order valence-electron chi connectivity index (χ3n) is 4.55. The molecular formula is C17H17N3O5S. The Morgan fingerprint density at radius 3 is 2.69 bits per heavy atom. The highest BCUT2D eigenvalue weighted by Crippen LogP contribution is 2.39. The van der Waals surface area contributed by atoms with Crippen molar-refractivity contribution in [2.45, 2.75) is 17.4 Å². The van der Waals surface area contributed by atoms with Crippen molar-refractivity contribution in [2.24, 2.45) is 0 Å². The Kier molecular flexibility index (Phi) is 3.78. The van der Waals surface area contributed by atoms with Crippen LogP contribution in [-0.2, 0) is 10.0 Å². The maximum absolute atomic E-state index is 13.2. The van der Waals surface area contributed by atoms with Gasteiger partial charge < -0.3 is 19.8 Å². The number of hydrogen-bond donors (Lipinski definition) is 3. The summed E-state index contributed by atoms with van der Waals surface area (Å²) < 4.78 is 32.9. The number of aromatic nitrogens is 2. The molecule has 2 heterocycles. The van der Waals surface area contributed by atoms with Gasteiger partial charge in [-0.15, -0.1) is 0 Å². The Labute approximate surface area is 149 Å². The molecule has 0 amide bonds. The van der Waals surface area contributed by atoms with E-state index >= 15 is 0 Å². The summed E-state index contributed by atoms with van der Waals surface area (Å²) in [6, 6.07) is 9.39. The smallest absolute Gasteiger partial charge is 0.323 e. The number of hydrogen-bond acceptors (Lipinski definition) is 5. The molecule has 0 saturated carbocycles. The lowest BCUT2D eigenvalue weighted by Gasteiger charge is -2.33. The Balaban J connectivity index is 1.85. The standard InChI is InChI=1S/C17H17N3O5S/c1-25-10-2-4-12-15(8-10)20(7-6-16(12)21)26(23,24)11-3-5-13-14(9-11)19-17(22)18-13/h2-5,8-9,16,21H,6-7H2,1H3,(H2,18,19,22). The Bertz CT molecular complexity index is 1150. The fraction of sp³-hybridized carbons (Fsp3) is 0.235. The number of nitrogens with zero attached hydrogens (tertiary/aromatic N) is 1. The molecule has 0 fully saturated rings. The number of aromatic amines is 2. The van der Waals surface area contributed by atoms with E-state index in [4.69, 9.17) is 4.74 Å². The van der Waals surface area contributed by atoms with Crippen LogP contribution < -0.4 is 14.7 Å². The first-order valence-corrected chi connectivity index (χ1v) is 9.45. The van der Waals surface area contributed by atoms with Crippen LogP contribution in [0.15, 0.2) is 46.1 Å². The van der Waals surface area contributed by atoms with E-state index in [0.29, 0.717) is 34.5 Å². The molecule has 3 aromatic rings. The number of anilines is 1. The zero-order chi connectivity index (χ0) is 18.5. The van der Waals surface area contributed by atoms with Gasteiger partial charge in [0, 0.05) is 18.2 Å². The van der Waals surface area contributed by atoms with Crippen molar-refractivity contribution in [2.75, 3.05) is 18.0 Å². The number of ether oxygens (including phenoxy) is 1. The summed E-state index contributed by atoms with van der Waals surface area (Å²) in [6.45, 7) is 0.144. The highest BCUT2D eigenvalue weighted by molar-refractivity contribution is 7.92. The van der Waals surface area contributed by atoms with E-state index in [0.717, 1.165) is 0 Å². The van der Waals surface area contributed by atoms with E-state index in [-0.39, 0.29) is 11.4 Å². The molecule has 4 rings (SSSR count). The average Bonchev–Trinajstić information content (AvgIpc) is 3.00. The highest BCUT2D eigenvalue weighted by Gasteiger charge is 2.33. The molecule has 9 heteroatoms. The number of aliphatic hydroxyl groups is 1. The van der Waals surface area contributed by atoms with Gasteiger partial charge in [-0.3, -0.25) is 4.31 Å². The lowest BCUT2D eigenvalue weighted by molar-refractivity contribution is 0.166. The van der Waals surface area contributed by atoms with Crippen molar-refractivity contribution < 1.29 is 18.3 Å². The Morgan fingerprint density at radius 2 is 1.92 bits per heavy atom. The molecule has 1 atom stereocenters. The molecule has 0 saturated heterocycles. The van der Waals surface area contributed by atoms with E-state index in [1.165, 1.54) is 23.5 Å². The summed E-state index contributed by atoms with van der Waals surface area (Å²) in [6.07, 6.45) is -0.437. The van der Waals surface area contributed by atoms with Crippen LogP contribution in [0.5, 0.6) is 5.75 Å². The quantitative estimate of drug-likeness (QED) is 0.642. The summed E-state index contributed by atoms with van der Waals surface area (Å²) >= 11 is 0. The van der Waals surface area contributed by atoms with Gasteiger partial charge in [0.25, 0.3) is 10.0 Å². The van der Waals surface area contributed by atoms with E-state index in [1.807, 2.05) is 0 Å². The largest absolute Gasteiger partial charge is 0.497 e. The van der Waals surface area contributed by atoms with E-state index in [9.17, 15) is 18.3 Å². The Hall–Kier alpha value is -2.78. The molecular weight excluding hydrogens is 358 g/mol. The molecule has 0 spiro atoms. The second-order valence-corrected chi connectivity index (χ2v) is 7.96. The van der Waals surface area contributed by atoms with Crippen molar-refractivity contribution in [1.82, 2.24) is 9.97 Å². The lowest BCUT2D eigenvalue weighted by Crippen LogP contribution is -2.36. The molecule has 1 unspecified atom stereocenters. The molecule has 0 bridgehead atoms. The molecule has 1 aliphatic heterocycles. The Morgan fingerprint density at radius 1 is 1.15 bits per heavy atom. The van der Waals surface area contributed by atoms with Gasteiger partial charge in [0.05, 0.1) is 34.8 Å². The summed E-state index contributed by atoms with van der Waals surface area (Å²) in [5.74, 6) is 0.503. The molecule has 1 aromatic heterocycles. The third kappa shape index (κ3) is 2.56. The molecule has 0 aliphatic carbocycles. The summed E-state index contributed by atoms with van der Waals surface area (Å²) in [7, 11) is -2.38. The molecule has 8 nitrogen and oxygen atoms in total. The molecule has 136 valence electrons. The fourth-order valence-electron chi connectivity index (χ4n) is 3.21. The molecule has 3 N–H and O–H groups in total. The second-order valence-electron chi connectivity index (χ2n) is 6.09. The van der Waals surface area contributed by atoms with Crippen LogP contribution >= 0.6 is 0 Å². The van der Waals surface area contributed by atoms with Gasteiger partial charge in [-0.25, -0.2) is 13.2 Å². The van der Waals surface area contributed by atoms with Crippen LogP contribution in [0.1, 0.15) is 18.1 Å². The minimum absolute atomic E-state index is 0.0606. The van der Waals surface area contributed by atoms with Crippen molar-refractivity contribution in [3.8, 4) is 5.75 Å². The van der Waals surface area contributed by atoms with Crippen molar-refractivity contribution in [1.29, 1.82) is 0 Å². The van der Waals surface area contributed by atoms with Crippen LogP contribution in [0.2, 0.25) is 0 Å². The molecule has 26 heavy (non-hydrogen) atoms.